The Morgan fingerprint density at radius 2 is 1.51 bits per heavy atom. The molecule has 2 saturated heterocycles. The lowest BCUT2D eigenvalue weighted by Crippen LogP contribution is -2.50. The summed E-state index contributed by atoms with van der Waals surface area (Å²) in [6.07, 6.45) is 7.19. The quantitative estimate of drug-likeness (QED) is 0.602. The van der Waals surface area contributed by atoms with Gasteiger partial charge in [0.25, 0.3) is 5.91 Å². The van der Waals surface area contributed by atoms with Crippen molar-refractivity contribution in [1.82, 2.24) is 15.1 Å². The second-order valence-electron chi connectivity index (χ2n) is 12.3. The van der Waals surface area contributed by atoms with Crippen molar-refractivity contribution in [3.8, 4) is 0 Å². The summed E-state index contributed by atoms with van der Waals surface area (Å²) in [7, 11) is 0. The number of carbonyl (C=O) groups excluding carboxylic acids is 2. The second-order valence-corrected chi connectivity index (χ2v) is 12.3. The van der Waals surface area contributed by atoms with Crippen LogP contribution in [0.4, 0.5) is 0 Å². The fraction of sp³-hybridized carbons (Fsp3) is 0.562. The fourth-order valence-corrected chi connectivity index (χ4v) is 6.45. The first-order chi connectivity index (χ1) is 17.8. The Kier molecular flexibility index (Phi) is 7.71. The minimum absolute atomic E-state index is 0.0926. The van der Waals surface area contributed by atoms with Crippen LogP contribution < -0.4 is 5.32 Å². The van der Waals surface area contributed by atoms with Gasteiger partial charge in [-0.1, -0.05) is 57.2 Å². The molecular formula is C32H43N3O2. The first-order valence-corrected chi connectivity index (χ1v) is 14.3. The molecule has 198 valence electrons. The number of fused-ring (bicyclic) bond motifs is 1. The molecule has 2 aliphatic heterocycles. The molecule has 0 radical (unpaired) electrons. The van der Waals surface area contributed by atoms with E-state index in [1.165, 1.54) is 16.7 Å². The van der Waals surface area contributed by atoms with E-state index in [1.807, 2.05) is 17.0 Å². The topological polar surface area (TPSA) is 52.7 Å². The SMILES string of the molecule is CC(C)(C)c1ccc(C(=O)N2CCC(N3CCC(C(=O)NC4CCCc5ccccc54)CC3)CC2)cc1. The van der Waals surface area contributed by atoms with Gasteiger partial charge in [0.2, 0.25) is 5.91 Å². The lowest BCUT2D eigenvalue weighted by atomic mass is 9.86. The van der Waals surface area contributed by atoms with Gasteiger partial charge in [-0.2, -0.15) is 0 Å². The molecular weight excluding hydrogens is 458 g/mol. The van der Waals surface area contributed by atoms with Crippen molar-refractivity contribution >= 4 is 11.8 Å². The van der Waals surface area contributed by atoms with Crippen LogP contribution in [0.5, 0.6) is 0 Å². The number of hydrogen-bond acceptors (Lipinski definition) is 3. The minimum atomic E-state index is 0.0926. The molecule has 1 unspecified atom stereocenters. The molecule has 0 aromatic heterocycles. The number of carbonyl (C=O) groups is 2. The number of piperidine rings is 2. The minimum Gasteiger partial charge on any atom is -0.349 e. The summed E-state index contributed by atoms with van der Waals surface area (Å²) in [5, 5.41) is 3.38. The van der Waals surface area contributed by atoms with E-state index in [4.69, 9.17) is 0 Å². The number of nitrogens with zero attached hydrogens (tertiary/aromatic N) is 2. The molecule has 37 heavy (non-hydrogen) atoms. The Morgan fingerprint density at radius 3 is 2.19 bits per heavy atom. The summed E-state index contributed by atoms with van der Waals surface area (Å²) in [5.41, 5.74) is 4.84. The van der Waals surface area contributed by atoms with Crippen molar-refractivity contribution in [3.05, 3.63) is 70.8 Å². The van der Waals surface area contributed by atoms with Crippen LogP contribution in [0, 0.1) is 5.92 Å². The maximum Gasteiger partial charge on any atom is 0.253 e. The number of likely N-dealkylation sites (tertiary alicyclic amines) is 2. The highest BCUT2D eigenvalue weighted by Gasteiger charge is 2.33. The summed E-state index contributed by atoms with van der Waals surface area (Å²) in [6, 6.07) is 17.4. The Morgan fingerprint density at radius 1 is 0.838 bits per heavy atom. The van der Waals surface area contributed by atoms with E-state index in [0.717, 1.165) is 76.7 Å². The molecule has 2 heterocycles. The van der Waals surface area contributed by atoms with Gasteiger partial charge in [0, 0.05) is 30.6 Å². The number of rotatable bonds is 4. The van der Waals surface area contributed by atoms with Crippen LogP contribution in [0.25, 0.3) is 0 Å². The first kappa shape index (κ1) is 26.0. The average Bonchev–Trinajstić information content (AvgIpc) is 2.92. The maximum absolute atomic E-state index is 13.1. The maximum atomic E-state index is 13.1. The van der Waals surface area contributed by atoms with E-state index in [9.17, 15) is 9.59 Å². The van der Waals surface area contributed by atoms with Gasteiger partial charge < -0.3 is 15.1 Å². The van der Waals surface area contributed by atoms with E-state index in [-0.39, 0.29) is 29.2 Å². The largest absolute Gasteiger partial charge is 0.349 e. The van der Waals surface area contributed by atoms with Crippen molar-refractivity contribution in [2.45, 2.75) is 83.2 Å². The Labute approximate surface area is 222 Å². The van der Waals surface area contributed by atoms with E-state index in [0.29, 0.717) is 6.04 Å². The monoisotopic (exact) mass is 501 g/mol. The third-order valence-electron chi connectivity index (χ3n) is 8.85. The molecule has 2 amide bonds. The predicted molar refractivity (Wildman–Crippen MR) is 149 cm³/mol. The van der Waals surface area contributed by atoms with Gasteiger partial charge in [-0.15, -0.1) is 0 Å². The van der Waals surface area contributed by atoms with E-state index >= 15 is 0 Å². The molecule has 5 rings (SSSR count). The molecule has 2 fully saturated rings. The third kappa shape index (κ3) is 5.93. The summed E-state index contributed by atoms with van der Waals surface area (Å²) in [5.74, 6) is 0.501. The van der Waals surface area contributed by atoms with Gasteiger partial charge in [0.1, 0.15) is 0 Å². The van der Waals surface area contributed by atoms with Crippen molar-refractivity contribution in [3.63, 3.8) is 0 Å². The standard InChI is InChI=1S/C32H43N3O2/c1-32(2,3)26-13-11-25(12-14-26)31(37)35-21-17-27(18-22-35)34-19-15-24(16-20-34)30(36)33-29-10-6-8-23-7-4-5-9-28(23)29/h4-5,7,9,11-14,24,27,29H,6,8,10,15-22H2,1-3H3,(H,33,36). The lowest BCUT2D eigenvalue weighted by molar-refractivity contribution is -0.127. The average molecular weight is 502 g/mol. The third-order valence-corrected chi connectivity index (χ3v) is 8.85. The van der Waals surface area contributed by atoms with E-state index in [2.05, 4.69) is 67.4 Å². The molecule has 0 saturated carbocycles. The van der Waals surface area contributed by atoms with Crippen LogP contribution in [0.2, 0.25) is 0 Å². The first-order valence-electron chi connectivity index (χ1n) is 14.3. The predicted octanol–water partition coefficient (Wildman–Crippen LogP) is 5.49. The molecule has 5 heteroatoms. The summed E-state index contributed by atoms with van der Waals surface area (Å²) in [4.78, 5) is 30.8. The number of benzene rings is 2. The molecule has 1 N–H and O–H groups in total. The molecule has 1 atom stereocenters. The Bertz CT molecular complexity index is 1090. The van der Waals surface area contributed by atoms with Gasteiger partial charge in [0.05, 0.1) is 6.04 Å². The normalized spacial score (nSPS) is 21.9. The second kappa shape index (κ2) is 11.0. The fourth-order valence-electron chi connectivity index (χ4n) is 6.45. The van der Waals surface area contributed by atoms with E-state index in [1.54, 1.807) is 0 Å². The van der Waals surface area contributed by atoms with Gasteiger partial charge in [-0.3, -0.25) is 9.59 Å². The lowest BCUT2D eigenvalue weighted by Gasteiger charge is -2.41. The van der Waals surface area contributed by atoms with Crippen molar-refractivity contribution in [1.29, 1.82) is 0 Å². The smallest absolute Gasteiger partial charge is 0.253 e. The van der Waals surface area contributed by atoms with Crippen LogP contribution in [-0.2, 0) is 16.6 Å². The Hall–Kier alpha value is -2.66. The molecule has 3 aliphatic rings. The van der Waals surface area contributed by atoms with Crippen molar-refractivity contribution in [2.24, 2.45) is 5.92 Å². The van der Waals surface area contributed by atoms with Crippen LogP contribution in [0.3, 0.4) is 0 Å². The highest BCUT2D eigenvalue weighted by atomic mass is 16.2. The molecule has 2 aromatic carbocycles. The molecule has 0 bridgehead atoms. The highest BCUT2D eigenvalue weighted by molar-refractivity contribution is 5.94. The number of hydrogen-bond donors (Lipinski definition) is 1. The number of amides is 2. The molecule has 2 aromatic rings. The zero-order valence-electron chi connectivity index (χ0n) is 22.8. The number of aryl methyl sites for hydroxylation is 1. The molecule has 5 nitrogen and oxygen atoms in total. The summed E-state index contributed by atoms with van der Waals surface area (Å²) >= 11 is 0. The zero-order valence-corrected chi connectivity index (χ0v) is 22.8. The highest BCUT2D eigenvalue weighted by Crippen LogP contribution is 2.31. The van der Waals surface area contributed by atoms with Gasteiger partial charge >= 0.3 is 0 Å². The van der Waals surface area contributed by atoms with Crippen molar-refractivity contribution < 1.29 is 9.59 Å². The van der Waals surface area contributed by atoms with Crippen LogP contribution in [0.15, 0.2) is 48.5 Å². The Balaban J connectivity index is 1.08. The van der Waals surface area contributed by atoms with Gasteiger partial charge in [-0.25, -0.2) is 0 Å². The van der Waals surface area contributed by atoms with Gasteiger partial charge in [-0.05, 0) is 92.3 Å². The van der Waals surface area contributed by atoms with Crippen molar-refractivity contribution in [2.75, 3.05) is 26.2 Å². The summed E-state index contributed by atoms with van der Waals surface area (Å²) in [6.45, 7) is 10.2. The van der Waals surface area contributed by atoms with Crippen LogP contribution in [-0.4, -0.2) is 53.8 Å². The number of nitrogens with one attached hydrogen (secondary N) is 1. The zero-order chi connectivity index (χ0) is 26.0. The van der Waals surface area contributed by atoms with Gasteiger partial charge in [0.15, 0.2) is 0 Å². The van der Waals surface area contributed by atoms with Crippen LogP contribution in [0.1, 0.15) is 92.4 Å². The molecule has 0 spiro atoms. The summed E-state index contributed by atoms with van der Waals surface area (Å²) < 4.78 is 0. The van der Waals surface area contributed by atoms with E-state index < -0.39 is 0 Å². The van der Waals surface area contributed by atoms with Crippen LogP contribution >= 0.6 is 0 Å². The molecule has 1 aliphatic carbocycles.